The van der Waals surface area contributed by atoms with Crippen LogP contribution in [0.3, 0.4) is 0 Å². The van der Waals surface area contributed by atoms with Crippen molar-refractivity contribution in [1.82, 2.24) is 15.3 Å². The molecule has 3 N–H and O–H groups in total. The van der Waals surface area contributed by atoms with E-state index < -0.39 is 71.3 Å². The van der Waals surface area contributed by atoms with E-state index in [0.717, 1.165) is 11.8 Å². The minimum atomic E-state index is -2.31. The maximum absolute atomic E-state index is 14.0. The molecule has 0 aromatic heterocycles. The Morgan fingerprint density at radius 1 is 1.25 bits per heavy atom. The van der Waals surface area contributed by atoms with E-state index in [1.54, 1.807) is 0 Å². The number of alkyl halides is 1. The Balaban J connectivity index is 2.70. The van der Waals surface area contributed by atoms with Crippen LogP contribution in [0.15, 0.2) is 0 Å². The third-order valence-electron chi connectivity index (χ3n) is 6.09. The highest BCUT2D eigenvalue weighted by Gasteiger charge is 2.66. The third-order valence-corrected chi connectivity index (χ3v) is 6.09. The maximum atomic E-state index is 14.0. The van der Waals surface area contributed by atoms with E-state index in [1.807, 2.05) is 0 Å². The summed E-state index contributed by atoms with van der Waals surface area (Å²) in [5.41, 5.74) is 5.76. The molecule has 0 spiro atoms. The molecule has 0 aliphatic carbocycles. The van der Waals surface area contributed by atoms with E-state index in [9.17, 15) is 33.2 Å². The molecule has 12 heteroatoms. The van der Waals surface area contributed by atoms with Crippen molar-refractivity contribution in [3.05, 3.63) is 0 Å². The van der Waals surface area contributed by atoms with Crippen molar-refractivity contribution in [1.29, 1.82) is 0 Å². The van der Waals surface area contributed by atoms with Crippen LogP contribution >= 0.6 is 0 Å². The van der Waals surface area contributed by atoms with Gasteiger partial charge in [0.25, 0.3) is 5.91 Å². The molecule has 11 nitrogen and oxygen atoms in total. The SMILES string of the molecule is CON[C@@H](C)C(=O)N(C(=O)[C@@]12C(=O)CCC(=O)N1CCC2C(=O)[C@H](C)N)C(C)C(=O)CF. The molecule has 3 amide bonds. The lowest BCUT2D eigenvalue weighted by atomic mass is 9.72. The summed E-state index contributed by atoms with van der Waals surface area (Å²) in [6.07, 6.45) is -0.479. The van der Waals surface area contributed by atoms with Gasteiger partial charge in [-0.05, 0) is 27.2 Å². The van der Waals surface area contributed by atoms with Gasteiger partial charge in [-0.1, -0.05) is 0 Å². The molecule has 2 heterocycles. The third kappa shape index (κ3) is 4.09. The fourth-order valence-corrected chi connectivity index (χ4v) is 4.43. The van der Waals surface area contributed by atoms with Crippen LogP contribution in [0, 0.1) is 5.92 Å². The van der Waals surface area contributed by atoms with Crippen molar-refractivity contribution in [3.8, 4) is 0 Å². The van der Waals surface area contributed by atoms with Crippen LogP contribution < -0.4 is 11.2 Å². The first-order valence-electron chi connectivity index (χ1n) is 10.3. The molecular formula is C20H29FN4O7. The van der Waals surface area contributed by atoms with Gasteiger partial charge in [-0.15, -0.1) is 0 Å². The second-order valence-corrected chi connectivity index (χ2v) is 8.10. The van der Waals surface area contributed by atoms with Crippen molar-refractivity contribution in [2.45, 2.75) is 63.7 Å². The second-order valence-electron chi connectivity index (χ2n) is 8.10. The highest BCUT2D eigenvalue weighted by atomic mass is 19.1. The second kappa shape index (κ2) is 9.92. The first kappa shape index (κ1) is 25.7. The van der Waals surface area contributed by atoms with Crippen molar-refractivity contribution >= 4 is 35.1 Å². The number of fused-ring (bicyclic) bond motifs is 1. The number of nitrogens with one attached hydrogen (secondary N) is 1. The number of carbonyl (C=O) groups is 6. The molecule has 2 rings (SSSR count). The van der Waals surface area contributed by atoms with Crippen LogP contribution in [0.2, 0.25) is 0 Å². The lowest BCUT2D eigenvalue weighted by Crippen LogP contribution is -2.72. The Hall–Kier alpha value is -2.57. The van der Waals surface area contributed by atoms with Crippen LogP contribution in [0.1, 0.15) is 40.0 Å². The summed E-state index contributed by atoms with van der Waals surface area (Å²) >= 11 is 0. The smallest absolute Gasteiger partial charge is 0.264 e. The minimum Gasteiger partial charge on any atom is -0.322 e. The van der Waals surface area contributed by atoms with Gasteiger partial charge in [0.05, 0.1) is 25.1 Å². The van der Waals surface area contributed by atoms with Gasteiger partial charge in [-0.25, -0.2) is 4.39 Å². The molecule has 32 heavy (non-hydrogen) atoms. The number of hydrogen-bond donors (Lipinski definition) is 2. The van der Waals surface area contributed by atoms with Crippen LogP contribution in [0.5, 0.6) is 0 Å². The zero-order chi connectivity index (χ0) is 24.4. The van der Waals surface area contributed by atoms with Crippen LogP contribution in [0.25, 0.3) is 0 Å². The van der Waals surface area contributed by atoms with Crippen molar-refractivity contribution < 1.29 is 38.0 Å². The molecule has 0 aromatic rings. The van der Waals surface area contributed by atoms with E-state index in [2.05, 4.69) is 5.48 Å². The molecule has 2 unspecified atom stereocenters. The topological polar surface area (TPSA) is 156 Å². The Labute approximate surface area is 184 Å². The average Bonchev–Trinajstić information content (AvgIpc) is 3.17. The number of piperidine rings is 1. The molecule has 2 saturated heterocycles. The number of nitrogens with two attached hydrogens (primary N) is 1. The normalized spacial score (nSPS) is 25.7. The van der Waals surface area contributed by atoms with Gasteiger partial charge in [0.2, 0.25) is 11.8 Å². The first-order chi connectivity index (χ1) is 15.0. The number of halogens is 1. The summed E-state index contributed by atoms with van der Waals surface area (Å²) in [4.78, 5) is 84.3. The number of carbonyl (C=O) groups excluding carboxylic acids is 6. The number of hydrogen-bond acceptors (Lipinski definition) is 9. The van der Waals surface area contributed by atoms with E-state index in [0.29, 0.717) is 4.90 Å². The van der Waals surface area contributed by atoms with Gasteiger partial charge < -0.3 is 15.5 Å². The summed E-state index contributed by atoms with van der Waals surface area (Å²) in [5, 5.41) is 0. The predicted octanol–water partition coefficient (Wildman–Crippen LogP) is -1.33. The number of nitrogens with zero attached hydrogens (tertiary/aromatic N) is 2. The van der Waals surface area contributed by atoms with E-state index in [-0.39, 0.29) is 25.8 Å². The molecule has 178 valence electrons. The number of amides is 3. The molecular weight excluding hydrogens is 427 g/mol. The summed E-state index contributed by atoms with van der Waals surface area (Å²) in [5.74, 6) is -6.44. The van der Waals surface area contributed by atoms with Gasteiger partial charge in [-0.3, -0.25) is 33.7 Å². The monoisotopic (exact) mass is 456 g/mol. The fraction of sp³-hybridized carbons (Fsp3) is 0.700. The van der Waals surface area contributed by atoms with Crippen LogP contribution in [0.4, 0.5) is 4.39 Å². The Morgan fingerprint density at radius 3 is 2.41 bits per heavy atom. The molecule has 0 saturated carbocycles. The molecule has 0 radical (unpaired) electrons. The van der Waals surface area contributed by atoms with Gasteiger partial charge in [0.15, 0.2) is 22.9 Å². The largest absolute Gasteiger partial charge is 0.322 e. The molecule has 2 aliphatic rings. The molecule has 0 bridgehead atoms. The van der Waals surface area contributed by atoms with Crippen LogP contribution in [-0.4, -0.2) is 88.9 Å². The van der Waals surface area contributed by atoms with Crippen molar-refractivity contribution in [2.24, 2.45) is 11.7 Å². The van der Waals surface area contributed by atoms with Gasteiger partial charge in [0, 0.05) is 19.4 Å². The predicted molar refractivity (Wildman–Crippen MR) is 107 cm³/mol. The van der Waals surface area contributed by atoms with Gasteiger partial charge >= 0.3 is 0 Å². The van der Waals surface area contributed by atoms with E-state index >= 15 is 0 Å². The first-order valence-corrected chi connectivity index (χ1v) is 10.3. The van der Waals surface area contributed by atoms with Crippen molar-refractivity contribution in [2.75, 3.05) is 20.3 Å². The summed E-state index contributed by atoms with van der Waals surface area (Å²) in [7, 11) is 1.23. The number of ketones is 3. The van der Waals surface area contributed by atoms with E-state index in [1.165, 1.54) is 21.0 Å². The number of Topliss-reactive ketones (excluding diaryl/α,β-unsaturated/α-hetero) is 3. The lowest BCUT2D eigenvalue weighted by Gasteiger charge is -2.45. The standard InChI is InChI=1S/C20H29FN4O7/c1-10(22)17(29)13-7-8-24-16(28)6-5-15(27)20(13,24)19(31)25(12(3)14(26)9-21)18(30)11(2)23-32-4/h10-13,23H,5-9,22H2,1-4H3/t10-,11-,12?,13?,20+/m0/s1. The zero-order valence-electron chi connectivity index (χ0n) is 18.6. The minimum absolute atomic E-state index is 0.0110. The van der Waals surface area contributed by atoms with Crippen LogP contribution in [-0.2, 0) is 33.6 Å². The fourth-order valence-electron chi connectivity index (χ4n) is 4.43. The molecule has 2 fully saturated rings. The van der Waals surface area contributed by atoms with Crippen molar-refractivity contribution in [3.63, 3.8) is 0 Å². The molecule has 2 aliphatic heterocycles. The number of imide groups is 1. The Morgan fingerprint density at radius 2 is 1.88 bits per heavy atom. The van der Waals surface area contributed by atoms with Gasteiger partial charge in [0.1, 0.15) is 12.7 Å². The lowest BCUT2D eigenvalue weighted by molar-refractivity contribution is -0.171. The highest BCUT2D eigenvalue weighted by Crippen LogP contribution is 2.43. The average molecular weight is 456 g/mol. The Kier molecular flexibility index (Phi) is 7.97. The number of hydroxylamine groups is 1. The number of rotatable bonds is 9. The molecule has 0 aromatic carbocycles. The quantitative estimate of drug-likeness (QED) is 0.317. The molecule has 5 atom stereocenters. The zero-order valence-corrected chi connectivity index (χ0v) is 18.6. The Bertz CT molecular complexity index is 833. The summed E-state index contributed by atoms with van der Waals surface area (Å²) in [6, 6.07) is -3.80. The maximum Gasteiger partial charge on any atom is 0.264 e. The van der Waals surface area contributed by atoms with E-state index in [4.69, 9.17) is 10.6 Å². The highest BCUT2D eigenvalue weighted by molar-refractivity contribution is 6.22. The summed E-state index contributed by atoms with van der Waals surface area (Å²) in [6.45, 7) is 2.34. The van der Waals surface area contributed by atoms with Gasteiger partial charge in [-0.2, -0.15) is 5.48 Å². The summed E-state index contributed by atoms with van der Waals surface area (Å²) < 4.78 is 13.2.